The number of benzene rings is 2. The van der Waals surface area contributed by atoms with Crippen LogP contribution in [0.3, 0.4) is 0 Å². The maximum absolute atomic E-state index is 12.3. The van der Waals surface area contributed by atoms with Crippen molar-refractivity contribution >= 4 is 17.6 Å². The summed E-state index contributed by atoms with van der Waals surface area (Å²) in [7, 11) is 0. The molecule has 0 spiro atoms. The van der Waals surface area contributed by atoms with Gasteiger partial charge in [-0.2, -0.15) is 5.10 Å². The van der Waals surface area contributed by atoms with Gasteiger partial charge in [0.2, 0.25) is 0 Å². The molecule has 2 heterocycles. The molecule has 0 atom stereocenters. The van der Waals surface area contributed by atoms with E-state index in [0.717, 1.165) is 11.3 Å². The first kappa shape index (κ1) is 16.5. The van der Waals surface area contributed by atoms with Gasteiger partial charge in [-0.1, -0.05) is 29.8 Å². The average molecular weight is 371 g/mol. The van der Waals surface area contributed by atoms with Crippen LogP contribution >= 0.6 is 11.6 Å². The van der Waals surface area contributed by atoms with E-state index in [1.165, 1.54) is 6.07 Å². The number of hydrogen-bond acceptors (Lipinski definition) is 5. The molecule has 26 heavy (non-hydrogen) atoms. The molecule has 4 rings (SSSR count). The lowest BCUT2D eigenvalue weighted by atomic mass is 10.2. The number of esters is 1. The fourth-order valence-corrected chi connectivity index (χ4v) is 2.88. The van der Waals surface area contributed by atoms with E-state index in [1.807, 2.05) is 36.5 Å². The zero-order valence-corrected chi connectivity index (χ0v) is 14.5. The minimum absolute atomic E-state index is 0.109. The number of para-hydroxylation sites is 1. The summed E-state index contributed by atoms with van der Waals surface area (Å²) in [5, 5.41) is 4.60. The Labute approximate surface area is 154 Å². The summed E-state index contributed by atoms with van der Waals surface area (Å²) < 4.78 is 18.0. The van der Waals surface area contributed by atoms with Crippen LogP contribution in [0.15, 0.2) is 54.9 Å². The molecule has 1 aromatic heterocycles. The Hall–Kier alpha value is -2.99. The number of nitrogens with zero attached hydrogens (tertiary/aromatic N) is 2. The molecule has 3 aromatic rings. The van der Waals surface area contributed by atoms with Gasteiger partial charge in [0, 0.05) is 11.8 Å². The number of rotatable bonds is 4. The lowest BCUT2D eigenvalue weighted by Crippen LogP contribution is -2.16. The Bertz CT molecular complexity index is 940. The summed E-state index contributed by atoms with van der Waals surface area (Å²) in [5.74, 6) is 0.419. The number of hydrogen-bond donors (Lipinski definition) is 0. The second-order valence-electron chi connectivity index (χ2n) is 5.69. The molecule has 0 unspecified atom stereocenters. The summed E-state index contributed by atoms with van der Waals surface area (Å²) in [4.78, 5) is 12.3. The van der Waals surface area contributed by atoms with Crippen molar-refractivity contribution in [3.63, 3.8) is 0 Å². The molecule has 0 saturated carbocycles. The lowest BCUT2D eigenvalue weighted by Gasteiger charge is -2.19. The molecule has 7 heteroatoms. The maximum Gasteiger partial charge on any atom is 0.338 e. The highest BCUT2D eigenvalue weighted by atomic mass is 35.5. The van der Waals surface area contributed by atoms with E-state index in [9.17, 15) is 4.79 Å². The Morgan fingerprint density at radius 3 is 2.85 bits per heavy atom. The summed E-state index contributed by atoms with van der Waals surface area (Å²) in [6.07, 6.45) is 3.48. The second-order valence-corrected chi connectivity index (χ2v) is 6.09. The second kappa shape index (κ2) is 7.09. The van der Waals surface area contributed by atoms with Crippen LogP contribution in [0.4, 0.5) is 0 Å². The van der Waals surface area contributed by atoms with Gasteiger partial charge in [-0.25, -0.2) is 9.48 Å². The summed E-state index contributed by atoms with van der Waals surface area (Å²) >= 11 is 6.15. The van der Waals surface area contributed by atoms with Gasteiger partial charge in [0.05, 0.1) is 22.5 Å². The summed E-state index contributed by atoms with van der Waals surface area (Å²) in [5.41, 5.74) is 2.03. The van der Waals surface area contributed by atoms with Crippen molar-refractivity contribution in [2.75, 3.05) is 13.2 Å². The molecule has 0 bridgehead atoms. The zero-order chi connectivity index (χ0) is 17.9. The van der Waals surface area contributed by atoms with E-state index in [0.29, 0.717) is 35.3 Å². The third-order valence-corrected chi connectivity index (χ3v) is 4.14. The topological polar surface area (TPSA) is 62.6 Å². The van der Waals surface area contributed by atoms with Gasteiger partial charge in [-0.15, -0.1) is 0 Å². The smallest absolute Gasteiger partial charge is 0.338 e. The van der Waals surface area contributed by atoms with E-state index in [4.69, 9.17) is 25.8 Å². The molecule has 0 N–H and O–H groups in total. The number of ether oxygens (including phenoxy) is 3. The first-order valence-corrected chi connectivity index (χ1v) is 8.44. The third kappa shape index (κ3) is 3.36. The van der Waals surface area contributed by atoms with Crippen LogP contribution in [0.25, 0.3) is 5.69 Å². The van der Waals surface area contributed by atoms with Crippen molar-refractivity contribution in [2.45, 2.75) is 6.61 Å². The van der Waals surface area contributed by atoms with E-state index < -0.39 is 5.97 Å². The van der Waals surface area contributed by atoms with Crippen LogP contribution in [0.5, 0.6) is 11.5 Å². The Morgan fingerprint density at radius 1 is 1.19 bits per heavy atom. The average Bonchev–Trinajstić information content (AvgIpc) is 3.16. The van der Waals surface area contributed by atoms with Gasteiger partial charge in [0.15, 0.2) is 11.5 Å². The quantitative estimate of drug-likeness (QED) is 0.656. The molecule has 0 saturated heterocycles. The zero-order valence-electron chi connectivity index (χ0n) is 13.7. The highest BCUT2D eigenvalue weighted by Gasteiger charge is 2.20. The predicted octanol–water partition coefficient (Wildman–Crippen LogP) is 3.65. The van der Waals surface area contributed by atoms with E-state index in [1.54, 1.807) is 16.9 Å². The Balaban J connectivity index is 1.45. The monoisotopic (exact) mass is 370 g/mol. The van der Waals surface area contributed by atoms with Crippen LogP contribution in [-0.2, 0) is 11.3 Å². The van der Waals surface area contributed by atoms with Crippen molar-refractivity contribution in [2.24, 2.45) is 0 Å². The number of halogens is 1. The number of fused-ring (bicyclic) bond motifs is 1. The molecule has 0 amide bonds. The Kier molecular flexibility index (Phi) is 4.50. The van der Waals surface area contributed by atoms with Gasteiger partial charge in [0.1, 0.15) is 19.8 Å². The molecular formula is C19H15ClN2O4. The minimum Gasteiger partial charge on any atom is -0.486 e. The van der Waals surface area contributed by atoms with Crippen molar-refractivity contribution in [3.8, 4) is 17.2 Å². The van der Waals surface area contributed by atoms with Gasteiger partial charge >= 0.3 is 5.97 Å². The van der Waals surface area contributed by atoms with E-state index in [-0.39, 0.29) is 6.61 Å². The van der Waals surface area contributed by atoms with E-state index >= 15 is 0 Å². The number of aromatic nitrogens is 2. The van der Waals surface area contributed by atoms with Crippen LogP contribution < -0.4 is 9.47 Å². The highest BCUT2D eigenvalue weighted by molar-refractivity contribution is 6.32. The fourth-order valence-electron chi connectivity index (χ4n) is 2.62. The van der Waals surface area contributed by atoms with Gasteiger partial charge in [-0.05, 0) is 24.3 Å². The third-order valence-electron chi connectivity index (χ3n) is 3.86. The van der Waals surface area contributed by atoms with Crippen LogP contribution in [0.1, 0.15) is 15.9 Å². The Morgan fingerprint density at radius 2 is 2.00 bits per heavy atom. The summed E-state index contributed by atoms with van der Waals surface area (Å²) in [6, 6.07) is 12.8. The molecule has 0 aliphatic carbocycles. The molecule has 132 valence electrons. The van der Waals surface area contributed by atoms with Crippen LogP contribution in [0.2, 0.25) is 5.02 Å². The predicted molar refractivity (Wildman–Crippen MR) is 95.1 cm³/mol. The first-order valence-electron chi connectivity index (χ1n) is 8.06. The number of carbonyl (C=O) groups excluding carboxylic acids is 1. The molecule has 1 aliphatic rings. The minimum atomic E-state index is -0.490. The van der Waals surface area contributed by atoms with Crippen LogP contribution in [-0.4, -0.2) is 29.0 Å². The van der Waals surface area contributed by atoms with E-state index in [2.05, 4.69) is 5.10 Å². The van der Waals surface area contributed by atoms with Gasteiger partial charge in [0.25, 0.3) is 0 Å². The van der Waals surface area contributed by atoms with Crippen molar-refractivity contribution in [1.82, 2.24) is 9.78 Å². The van der Waals surface area contributed by atoms with Crippen molar-refractivity contribution < 1.29 is 19.0 Å². The van der Waals surface area contributed by atoms with Crippen molar-refractivity contribution in [1.29, 1.82) is 0 Å². The number of carbonyl (C=O) groups is 1. The normalized spacial score (nSPS) is 12.7. The lowest BCUT2D eigenvalue weighted by molar-refractivity contribution is 0.0471. The molecule has 0 fully saturated rings. The molecule has 1 aliphatic heterocycles. The molecule has 2 aromatic carbocycles. The van der Waals surface area contributed by atoms with Gasteiger partial charge < -0.3 is 14.2 Å². The molecular weight excluding hydrogens is 356 g/mol. The van der Waals surface area contributed by atoms with Crippen LogP contribution in [0, 0.1) is 0 Å². The first-order chi connectivity index (χ1) is 12.7. The highest BCUT2D eigenvalue weighted by Crippen LogP contribution is 2.38. The molecule has 6 nitrogen and oxygen atoms in total. The van der Waals surface area contributed by atoms with Crippen molar-refractivity contribution in [3.05, 3.63) is 71.0 Å². The SMILES string of the molecule is O=C(OCc1cnn(-c2ccccc2)c1)c1cc(Cl)c2c(c1)OCCO2. The standard InChI is InChI=1S/C19H15ClN2O4/c20-16-8-14(9-17-18(16)25-7-6-24-17)19(23)26-12-13-10-21-22(11-13)15-4-2-1-3-5-15/h1-5,8-11H,6-7,12H2. The molecule has 0 radical (unpaired) electrons. The fraction of sp³-hybridized carbons (Fsp3) is 0.158. The largest absolute Gasteiger partial charge is 0.486 e. The summed E-state index contributed by atoms with van der Waals surface area (Å²) in [6.45, 7) is 0.958. The van der Waals surface area contributed by atoms with Gasteiger partial charge in [-0.3, -0.25) is 0 Å². The maximum atomic E-state index is 12.3.